The van der Waals surface area contributed by atoms with Crippen molar-refractivity contribution in [2.24, 2.45) is 7.05 Å². The molecule has 0 atom stereocenters. The van der Waals surface area contributed by atoms with E-state index in [4.69, 9.17) is 11.6 Å². The second-order valence-electron chi connectivity index (χ2n) is 6.10. The van der Waals surface area contributed by atoms with Gasteiger partial charge in [0, 0.05) is 58.4 Å². The molecule has 2 heterocycles. The van der Waals surface area contributed by atoms with E-state index in [1.54, 1.807) is 4.68 Å². The van der Waals surface area contributed by atoms with E-state index in [9.17, 15) is 4.79 Å². The Labute approximate surface area is 144 Å². The molecule has 0 saturated carbocycles. The Morgan fingerprint density at radius 2 is 1.74 bits per heavy atom. The van der Waals surface area contributed by atoms with Crippen molar-refractivity contribution in [2.45, 2.75) is 27.3 Å². The van der Waals surface area contributed by atoms with Crippen molar-refractivity contribution in [2.75, 3.05) is 45.8 Å². The summed E-state index contributed by atoms with van der Waals surface area (Å²) in [5, 5.41) is 5.09. The first-order valence-corrected chi connectivity index (χ1v) is 8.74. The Balaban J connectivity index is 1.83. The quantitative estimate of drug-likeness (QED) is 0.784. The molecule has 1 aromatic rings. The minimum absolute atomic E-state index is 0.231. The van der Waals surface area contributed by atoms with E-state index in [0.29, 0.717) is 6.54 Å². The molecule has 0 spiro atoms. The zero-order chi connectivity index (χ0) is 17.0. The van der Waals surface area contributed by atoms with Gasteiger partial charge in [-0.15, -0.1) is 0 Å². The molecule has 1 saturated heterocycles. The van der Waals surface area contributed by atoms with E-state index in [1.165, 1.54) is 0 Å². The molecule has 2 rings (SSSR count). The summed E-state index contributed by atoms with van der Waals surface area (Å²) in [6.45, 7) is 12.7. The van der Waals surface area contributed by atoms with E-state index in [-0.39, 0.29) is 5.91 Å². The van der Waals surface area contributed by atoms with Crippen molar-refractivity contribution < 1.29 is 4.79 Å². The molecule has 1 aliphatic rings. The molecular formula is C16H28ClN5O. The molecule has 0 N–H and O–H groups in total. The number of hydrogen-bond acceptors (Lipinski definition) is 4. The van der Waals surface area contributed by atoms with Crippen molar-refractivity contribution in [1.29, 1.82) is 0 Å². The van der Waals surface area contributed by atoms with Gasteiger partial charge < -0.3 is 4.90 Å². The zero-order valence-electron chi connectivity index (χ0n) is 14.7. The van der Waals surface area contributed by atoms with Gasteiger partial charge in [0.1, 0.15) is 5.15 Å². The molecule has 0 aliphatic carbocycles. The summed E-state index contributed by atoms with van der Waals surface area (Å²) >= 11 is 6.31. The molecule has 0 aromatic carbocycles. The molecule has 0 radical (unpaired) electrons. The molecule has 0 unspecified atom stereocenters. The monoisotopic (exact) mass is 341 g/mol. The number of amides is 1. The number of carbonyl (C=O) groups is 1. The van der Waals surface area contributed by atoms with Gasteiger partial charge in [-0.1, -0.05) is 11.6 Å². The number of aryl methyl sites for hydroxylation is 2. The Kier molecular flexibility index (Phi) is 6.44. The lowest BCUT2D eigenvalue weighted by Gasteiger charge is -2.35. The lowest BCUT2D eigenvalue weighted by Crippen LogP contribution is -2.49. The minimum atomic E-state index is 0.231. The third kappa shape index (κ3) is 4.46. The van der Waals surface area contributed by atoms with Gasteiger partial charge in [-0.25, -0.2) is 0 Å². The molecule has 1 aromatic heterocycles. The number of likely N-dealkylation sites (N-methyl/N-ethyl adjacent to an activating group) is 1. The maximum Gasteiger partial charge on any atom is 0.236 e. The van der Waals surface area contributed by atoms with Crippen molar-refractivity contribution >= 4 is 17.5 Å². The maximum absolute atomic E-state index is 12.2. The van der Waals surface area contributed by atoms with Crippen LogP contribution in [-0.4, -0.2) is 76.2 Å². The minimum Gasteiger partial charge on any atom is -0.342 e. The molecule has 130 valence electrons. The van der Waals surface area contributed by atoms with Crippen LogP contribution in [0.5, 0.6) is 0 Å². The van der Waals surface area contributed by atoms with Crippen LogP contribution < -0.4 is 0 Å². The average molecular weight is 342 g/mol. The van der Waals surface area contributed by atoms with Crippen LogP contribution in [0.2, 0.25) is 5.15 Å². The predicted molar refractivity (Wildman–Crippen MR) is 92.6 cm³/mol. The second kappa shape index (κ2) is 8.13. The van der Waals surface area contributed by atoms with E-state index in [1.807, 2.05) is 32.7 Å². The Bertz CT molecular complexity index is 533. The molecule has 1 amide bonds. The Morgan fingerprint density at radius 1 is 1.17 bits per heavy atom. The molecule has 7 heteroatoms. The summed E-state index contributed by atoms with van der Waals surface area (Å²) in [5.41, 5.74) is 2.11. The summed E-state index contributed by atoms with van der Waals surface area (Å²) in [6.07, 6.45) is 0. The lowest BCUT2D eigenvalue weighted by atomic mass is 10.2. The van der Waals surface area contributed by atoms with Gasteiger partial charge in [-0.3, -0.25) is 19.3 Å². The third-order valence-electron chi connectivity index (χ3n) is 4.59. The molecular weight excluding hydrogens is 314 g/mol. The van der Waals surface area contributed by atoms with Crippen molar-refractivity contribution in [1.82, 2.24) is 24.5 Å². The standard InChI is InChI=1S/C16H28ClN5O/c1-5-22(6-2)15(23)12-21-9-7-20(8-10-21)11-14-13(3)18-19(4)16(14)17/h5-12H2,1-4H3. The molecule has 6 nitrogen and oxygen atoms in total. The summed E-state index contributed by atoms with van der Waals surface area (Å²) < 4.78 is 1.73. The first kappa shape index (κ1) is 18.2. The van der Waals surface area contributed by atoms with Gasteiger partial charge in [-0.05, 0) is 20.8 Å². The van der Waals surface area contributed by atoms with Crippen LogP contribution in [0.25, 0.3) is 0 Å². The first-order chi connectivity index (χ1) is 11.0. The third-order valence-corrected chi connectivity index (χ3v) is 5.06. The number of piperazine rings is 1. The van der Waals surface area contributed by atoms with Crippen LogP contribution >= 0.6 is 11.6 Å². The maximum atomic E-state index is 12.2. The predicted octanol–water partition coefficient (Wildman–Crippen LogP) is 1.37. The van der Waals surface area contributed by atoms with Crippen LogP contribution in [0.15, 0.2) is 0 Å². The number of rotatable bonds is 6. The van der Waals surface area contributed by atoms with Gasteiger partial charge in [0.2, 0.25) is 5.91 Å². The van der Waals surface area contributed by atoms with Crippen LogP contribution in [-0.2, 0) is 18.4 Å². The highest BCUT2D eigenvalue weighted by Gasteiger charge is 2.22. The van der Waals surface area contributed by atoms with Crippen molar-refractivity contribution in [3.63, 3.8) is 0 Å². The smallest absolute Gasteiger partial charge is 0.236 e. The van der Waals surface area contributed by atoms with Crippen LogP contribution in [0.3, 0.4) is 0 Å². The molecule has 0 bridgehead atoms. The fourth-order valence-corrected chi connectivity index (χ4v) is 3.28. The van der Waals surface area contributed by atoms with Gasteiger partial charge in [0.05, 0.1) is 12.2 Å². The highest BCUT2D eigenvalue weighted by atomic mass is 35.5. The fraction of sp³-hybridized carbons (Fsp3) is 0.750. The van der Waals surface area contributed by atoms with Crippen molar-refractivity contribution in [3.8, 4) is 0 Å². The normalized spacial score (nSPS) is 16.7. The van der Waals surface area contributed by atoms with Gasteiger partial charge in [0.15, 0.2) is 0 Å². The first-order valence-electron chi connectivity index (χ1n) is 8.36. The van der Waals surface area contributed by atoms with E-state index >= 15 is 0 Å². The van der Waals surface area contributed by atoms with E-state index < -0.39 is 0 Å². The SMILES string of the molecule is CCN(CC)C(=O)CN1CCN(Cc2c(C)nn(C)c2Cl)CC1. The summed E-state index contributed by atoms with van der Waals surface area (Å²) in [5.74, 6) is 0.231. The lowest BCUT2D eigenvalue weighted by molar-refractivity contribution is -0.132. The summed E-state index contributed by atoms with van der Waals surface area (Å²) in [6, 6.07) is 0. The highest BCUT2D eigenvalue weighted by molar-refractivity contribution is 6.30. The van der Waals surface area contributed by atoms with Gasteiger partial charge in [-0.2, -0.15) is 5.10 Å². The number of halogens is 1. The molecule has 1 aliphatic heterocycles. The number of nitrogens with zero attached hydrogens (tertiary/aromatic N) is 5. The Morgan fingerprint density at radius 3 is 2.22 bits per heavy atom. The number of carbonyl (C=O) groups excluding carboxylic acids is 1. The van der Waals surface area contributed by atoms with Crippen LogP contribution in [0.1, 0.15) is 25.1 Å². The van der Waals surface area contributed by atoms with Crippen LogP contribution in [0.4, 0.5) is 0 Å². The van der Waals surface area contributed by atoms with Crippen LogP contribution in [0, 0.1) is 6.92 Å². The second-order valence-corrected chi connectivity index (χ2v) is 6.45. The van der Waals surface area contributed by atoms with E-state index in [2.05, 4.69) is 14.9 Å². The topological polar surface area (TPSA) is 44.6 Å². The van der Waals surface area contributed by atoms with Gasteiger partial charge in [0.25, 0.3) is 0 Å². The summed E-state index contributed by atoms with van der Waals surface area (Å²) in [7, 11) is 1.87. The highest BCUT2D eigenvalue weighted by Crippen LogP contribution is 2.21. The Hall–Kier alpha value is -1.11. The van der Waals surface area contributed by atoms with Gasteiger partial charge >= 0.3 is 0 Å². The number of hydrogen-bond donors (Lipinski definition) is 0. The number of aromatic nitrogens is 2. The fourth-order valence-electron chi connectivity index (χ4n) is 3.05. The zero-order valence-corrected chi connectivity index (χ0v) is 15.4. The largest absolute Gasteiger partial charge is 0.342 e. The average Bonchev–Trinajstić information content (AvgIpc) is 2.77. The molecule has 1 fully saturated rings. The van der Waals surface area contributed by atoms with E-state index in [0.717, 1.165) is 62.2 Å². The molecule has 23 heavy (non-hydrogen) atoms. The van der Waals surface area contributed by atoms with Crippen molar-refractivity contribution in [3.05, 3.63) is 16.4 Å². The summed E-state index contributed by atoms with van der Waals surface area (Å²) in [4.78, 5) is 18.7.